The zero-order chi connectivity index (χ0) is 12.6. The van der Waals surface area contributed by atoms with Crippen LogP contribution in [0, 0.1) is 0 Å². The molecule has 0 bridgehead atoms. The van der Waals surface area contributed by atoms with Gasteiger partial charge in [-0.05, 0) is 19.8 Å². The van der Waals surface area contributed by atoms with Gasteiger partial charge in [0, 0.05) is 5.57 Å². The number of carboxylic acid groups (broad SMARTS) is 2. The van der Waals surface area contributed by atoms with E-state index >= 15 is 0 Å². The summed E-state index contributed by atoms with van der Waals surface area (Å²) in [5.74, 6) is -2.21. The summed E-state index contributed by atoms with van der Waals surface area (Å²) in [4.78, 5) is 21.3. The van der Waals surface area contributed by atoms with Crippen molar-refractivity contribution < 1.29 is 19.8 Å². The minimum Gasteiger partial charge on any atom is -0.481 e. The van der Waals surface area contributed by atoms with Crippen LogP contribution < -0.4 is 0 Å². The Balaban J connectivity index is 4.34. The number of aliphatic carboxylic acids is 2. The van der Waals surface area contributed by atoms with Gasteiger partial charge in [-0.2, -0.15) is 0 Å². The molecule has 0 rings (SSSR count). The monoisotopic (exact) mass is 228 g/mol. The van der Waals surface area contributed by atoms with E-state index in [1.165, 1.54) is 0 Å². The van der Waals surface area contributed by atoms with E-state index < -0.39 is 18.4 Å². The molecule has 4 nitrogen and oxygen atoms in total. The molecule has 0 saturated carbocycles. The number of carboxylic acids is 2. The molecular weight excluding hydrogens is 208 g/mol. The average Bonchev–Trinajstić information content (AvgIpc) is 2.20. The number of hydrogen-bond donors (Lipinski definition) is 2. The summed E-state index contributed by atoms with van der Waals surface area (Å²) in [5.41, 5.74) is 0.718. The Kier molecular flexibility index (Phi) is 7.25. The highest BCUT2D eigenvalue weighted by Crippen LogP contribution is 2.16. The number of allylic oxidation sites excluding steroid dienone is 1. The van der Waals surface area contributed by atoms with Crippen molar-refractivity contribution in [1.29, 1.82) is 0 Å². The van der Waals surface area contributed by atoms with Gasteiger partial charge in [0.1, 0.15) is 0 Å². The molecule has 0 aliphatic carbocycles. The summed E-state index contributed by atoms with van der Waals surface area (Å²) in [5, 5.41) is 17.5. The van der Waals surface area contributed by atoms with Gasteiger partial charge in [0.05, 0.1) is 6.42 Å². The number of unbranched alkanes of at least 4 members (excludes halogenated alkanes) is 3. The Morgan fingerprint density at radius 3 is 2.12 bits per heavy atom. The molecule has 0 spiro atoms. The SMILES string of the molecule is CCCCCC/C(C)=C(/CC(=O)O)C(=O)O. The molecule has 0 aliphatic rings. The Hall–Kier alpha value is -1.32. The van der Waals surface area contributed by atoms with Crippen molar-refractivity contribution in [2.75, 3.05) is 0 Å². The van der Waals surface area contributed by atoms with Crippen molar-refractivity contribution >= 4 is 11.9 Å². The van der Waals surface area contributed by atoms with E-state index in [0.717, 1.165) is 25.7 Å². The molecule has 0 unspecified atom stereocenters. The van der Waals surface area contributed by atoms with Gasteiger partial charge >= 0.3 is 11.9 Å². The molecule has 0 saturated heterocycles. The molecule has 92 valence electrons. The highest BCUT2D eigenvalue weighted by molar-refractivity contribution is 5.92. The summed E-state index contributed by atoms with van der Waals surface area (Å²) in [7, 11) is 0. The van der Waals surface area contributed by atoms with Crippen LogP contribution in [-0.4, -0.2) is 22.2 Å². The molecule has 0 heterocycles. The van der Waals surface area contributed by atoms with E-state index in [9.17, 15) is 9.59 Å². The summed E-state index contributed by atoms with van der Waals surface area (Å²) in [6.07, 6.45) is 4.53. The van der Waals surface area contributed by atoms with Crippen molar-refractivity contribution in [3.8, 4) is 0 Å². The largest absolute Gasteiger partial charge is 0.481 e. The van der Waals surface area contributed by atoms with Gasteiger partial charge in [0.2, 0.25) is 0 Å². The van der Waals surface area contributed by atoms with Crippen LogP contribution >= 0.6 is 0 Å². The van der Waals surface area contributed by atoms with Crippen LogP contribution in [0.2, 0.25) is 0 Å². The predicted molar refractivity (Wildman–Crippen MR) is 61.3 cm³/mol. The second kappa shape index (κ2) is 7.91. The first-order valence-corrected chi connectivity index (χ1v) is 5.62. The highest BCUT2D eigenvalue weighted by atomic mass is 16.4. The topological polar surface area (TPSA) is 74.6 Å². The van der Waals surface area contributed by atoms with Gasteiger partial charge in [-0.15, -0.1) is 0 Å². The molecule has 0 amide bonds. The van der Waals surface area contributed by atoms with Crippen LogP contribution in [-0.2, 0) is 9.59 Å². The van der Waals surface area contributed by atoms with Gasteiger partial charge in [-0.1, -0.05) is 31.8 Å². The van der Waals surface area contributed by atoms with Crippen LogP contribution in [0.4, 0.5) is 0 Å². The molecule has 0 radical (unpaired) electrons. The van der Waals surface area contributed by atoms with Gasteiger partial charge in [0.15, 0.2) is 0 Å². The fourth-order valence-electron chi connectivity index (χ4n) is 1.53. The predicted octanol–water partition coefficient (Wildman–Crippen LogP) is 2.83. The standard InChI is InChI=1S/C12H20O4/c1-3-4-5-6-7-9(2)10(12(15)16)8-11(13)14/h3-8H2,1-2H3,(H,13,14)(H,15,16)/b10-9-. The van der Waals surface area contributed by atoms with Crippen molar-refractivity contribution in [3.05, 3.63) is 11.1 Å². The third-order valence-corrected chi connectivity index (χ3v) is 2.51. The molecule has 0 aromatic heterocycles. The van der Waals surface area contributed by atoms with Crippen LogP contribution in [0.5, 0.6) is 0 Å². The van der Waals surface area contributed by atoms with Crippen LogP contribution in [0.15, 0.2) is 11.1 Å². The molecule has 0 atom stereocenters. The lowest BCUT2D eigenvalue weighted by Crippen LogP contribution is -2.09. The summed E-state index contributed by atoms with van der Waals surface area (Å²) < 4.78 is 0. The van der Waals surface area contributed by atoms with E-state index in [-0.39, 0.29) is 5.57 Å². The van der Waals surface area contributed by atoms with Crippen molar-refractivity contribution in [1.82, 2.24) is 0 Å². The average molecular weight is 228 g/mol. The molecule has 0 aromatic carbocycles. The molecule has 0 aromatic rings. The van der Waals surface area contributed by atoms with Gasteiger partial charge in [0.25, 0.3) is 0 Å². The molecule has 0 aliphatic heterocycles. The van der Waals surface area contributed by atoms with E-state index in [0.29, 0.717) is 12.0 Å². The Morgan fingerprint density at radius 2 is 1.69 bits per heavy atom. The highest BCUT2D eigenvalue weighted by Gasteiger charge is 2.14. The fraction of sp³-hybridized carbons (Fsp3) is 0.667. The van der Waals surface area contributed by atoms with Crippen molar-refractivity contribution in [3.63, 3.8) is 0 Å². The smallest absolute Gasteiger partial charge is 0.332 e. The first-order valence-electron chi connectivity index (χ1n) is 5.62. The fourth-order valence-corrected chi connectivity index (χ4v) is 1.53. The maximum absolute atomic E-state index is 10.8. The molecule has 0 fully saturated rings. The first kappa shape index (κ1) is 14.7. The van der Waals surface area contributed by atoms with Crippen molar-refractivity contribution in [2.45, 2.75) is 52.4 Å². The second-order valence-corrected chi connectivity index (χ2v) is 3.95. The summed E-state index contributed by atoms with van der Waals surface area (Å²) >= 11 is 0. The summed E-state index contributed by atoms with van der Waals surface area (Å²) in [6.45, 7) is 3.81. The van der Waals surface area contributed by atoms with E-state index in [1.807, 2.05) is 0 Å². The third-order valence-electron chi connectivity index (χ3n) is 2.51. The normalized spacial score (nSPS) is 12.1. The first-order chi connectivity index (χ1) is 7.49. The maximum atomic E-state index is 10.8. The zero-order valence-corrected chi connectivity index (χ0v) is 9.95. The van der Waals surface area contributed by atoms with Gasteiger partial charge in [-0.3, -0.25) is 4.79 Å². The lowest BCUT2D eigenvalue weighted by atomic mass is 10.0. The van der Waals surface area contributed by atoms with Crippen molar-refractivity contribution in [2.24, 2.45) is 0 Å². The Bertz CT molecular complexity index is 279. The minimum atomic E-state index is -1.12. The van der Waals surface area contributed by atoms with Crippen LogP contribution in [0.1, 0.15) is 52.4 Å². The Labute approximate surface area is 96.0 Å². The molecule has 16 heavy (non-hydrogen) atoms. The van der Waals surface area contributed by atoms with E-state index in [2.05, 4.69) is 6.92 Å². The van der Waals surface area contributed by atoms with E-state index in [4.69, 9.17) is 10.2 Å². The van der Waals surface area contributed by atoms with Gasteiger partial charge < -0.3 is 10.2 Å². The van der Waals surface area contributed by atoms with E-state index in [1.54, 1.807) is 6.92 Å². The minimum absolute atomic E-state index is 0.0315. The third kappa shape index (κ3) is 6.22. The maximum Gasteiger partial charge on any atom is 0.332 e. The number of rotatable bonds is 8. The molecule has 2 N–H and O–H groups in total. The molecular formula is C12H20O4. The second-order valence-electron chi connectivity index (χ2n) is 3.95. The van der Waals surface area contributed by atoms with Gasteiger partial charge in [-0.25, -0.2) is 4.79 Å². The van der Waals surface area contributed by atoms with Crippen LogP contribution in [0.3, 0.4) is 0 Å². The molecule has 4 heteroatoms. The Morgan fingerprint density at radius 1 is 1.06 bits per heavy atom. The zero-order valence-electron chi connectivity index (χ0n) is 9.95. The lowest BCUT2D eigenvalue weighted by Gasteiger charge is -2.06. The van der Waals surface area contributed by atoms with Crippen LogP contribution in [0.25, 0.3) is 0 Å². The lowest BCUT2D eigenvalue weighted by molar-refractivity contribution is -0.139. The number of hydrogen-bond acceptors (Lipinski definition) is 2. The number of carbonyl (C=O) groups is 2. The quantitative estimate of drug-likeness (QED) is 0.495. The summed E-state index contributed by atoms with van der Waals surface area (Å²) in [6, 6.07) is 0.